The molecule has 6 heteroatoms. The SMILES string of the molecule is CCCCOc1ccc(C(=O)N(C)c2ccc(N3CCC(N(C)C(C)=O)C3)cc2)cc1. The third-order valence-electron chi connectivity index (χ3n) is 5.98. The summed E-state index contributed by atoms with van der Waals surface area (Å²) in [6, 6.07) is 15.6. The van der Waals surface area contributed by atoms with E-state index in [-0.39, 0.29) is 17.9 Å². The Morgan fingerprint density at radius 1 is 1.06 bits per heavy atom. The lowest BCUT2D eigenvalue weighted by molar-refractivity contribution is -0.129. The van der Waals surface area contributed by atoms with Gasteiger partial charge in [-0.1, -0.05) is 13.3 Å². The van der Waals surface area contributed by atoms with Gasteiger partial charge in [-0.3, -0.25) is 9.59 Å². The van der Waals surface area contributed by atoms with Crippen molar-refractivity contribution in [2.24, 2.45) is 0 Å². The number of unbranched alkanes of at least 4 members (excludes halogenated alkanes) is 1. The predicted molar refractivity (Wildman–Crippen MR) is 125 cm³/mol. The van der Waals surface area contributed by atoms with Crippen molar-refractivity contribution >= 4 is 23.2 Å². The number of hydrogen-bond acceptors (Lipinski definition) is 4. The fraction of sp³-hybridized carbons (Fsp3) is 0.440. The summed E-state index contributed by atoms with van der Waals surface area (Å²) in [6.45, 7) is 6.18. The van der Waals surface area contributed by atoms with Gasteiger partial charge in [-0.25, -0.2) is 0 Å². The maximum atomic E-state index is 12.9. The topological polar surface area (TPSA) is 53.1 Å². The van der Waals surface area contributed by atoms with Gasteiger partial charge in [0.1, 0.15) is 5.75 Å². The first-order chi connectivity index (χ1) is 14.9. The Hall–Kier alpha value is -3.02. The second-order valence-corrected chi connectivity index (χ2v) is 8.13. The highest BCUT2D eigenvalue weighted by Crippen LogP contribution is 2.26. The van der Waals surface area contributed by atoms with Crippen LogP contribution in [0.4, 0.5) is 11.4 Å². The van der Waals surface area contributed by atoms with Crippen LogP contribution in [0.3, 0.4) is 0 Å². The van der Waals surface area contributed by atoms with Gasteiger partial charge in [0.25, 0.3) is 5.91 Å². The number of anilines is 2. The first-order valence-electron chi connectivity index (χ1n) is 11.0. The Kier molecular flexibility index (Phi) is 7.55. The van der Waals surface area contributed by atoms with Gasteiger partial charge in [0.05, 0.1) is 12.6 Å². The average Bonchev–Trinajstić information content (AvgIpc) is 3.28. The number of hydrogen-bond donors (Lipinski definition) is 0. The van der Waals surface area contributed by atoms with Crippen LogP contribution in [-0.4, -0.2) is 56.5 Å². The van der Waals surface area contributed by atoms with Gasteiger partial charge in [-0.05, 0) is 61.4 Å². The van der Waals surface area contributed by atoms with Gasteiger partial charge < -0.3 is 19.4 Å². The minimum Gasteiger partial charge on any atom is -0.494 e. The summed E-state index contributed by atoms with van der Waals surface area (Å²) in [5.41, 5.74) is 2.58. The molecule has 1 saturated heterocycles. The number of nitrogens with zero attached hydrogens (tertiary/aromatic N) is 3. The minimum atomic E-state index is -0.0582. The van der Waals surface area contributed by atoms with E-state index in [1.165, 1.54) is 0 Å². The van der Waals surface area contributed by atoms with Crippen molar-refractivity contribution in [3.05, 3.63) is 54.1 Å². The summed E-state index contributed by atoms with van der Waals surface area (Å²) in [5.74, 6) is 0.830. The van der Waals surface area contributed by atoms with Crippen LogP contribution in [0.15, 0.2) is 48.5 Å². The third-order valence-corrected chi connectivity index (χ3v) is 5.98. The quantitative estimate of drug-likeness (QED) is 0.597. The third kappa shape index (κ3) is 5.57. The Morgan fingerprint density at radius 3 is 2.35 bits per heavy atom. The summed E-state index contributed by atoms with van der Waals surface area (Å²) in [6.07, 6.45) is 3.08. The molecule has 6 nitrogen and oxygen atoms in total. The average molecular weight is 424 g/mol. The molecule has 0 aliphatic carbocycles. The molecule has 0 bridgehead atoms. The fourth-order valence-electron chi connectivity index (χ4n) is 3.78. The van der Waals surface area contributed by atoms with Crippen LogP contribution >= 0.6 is 0 Å². The van der Waals surface area contributed by atoms with Crippen molar-refractivity contribution in [3.8, 4) is 5.75 Å². The zero-order valence-electron chi connectivity index (χ0n) is 19.0. The molecule has 1 aliphatic rings. The highest BCUT2D eigenvalue weighted by Gasteiger charge is 2.27. The monoisotopic (exact) mass is 423 g/mol. The van der Waals surface area contributed by atoms with Crippen molar-refractivity contribution in [3.63, 3.8) is 0 Å². The number of benzene rings is 2. The maximum absolute atomic E-state index is 12.9. The smallest absolute Gasteiger partial charge is 0.258 e. The molecule has 0 radical (unpaired) electrons. The van der Waals surface area contributed by atoms with Gasteiger partial charge in [0.15, 0.2) is 0 Å². The molecule has 166 valence electrons. The molecule has 2 amide bonds. The van der Waals surface area contributed by atoms with E-state index in [1.807, 2.05) is 60.5 Å². The number of amides is 2. The fourth-order valence-corrected chi connectivity index (χ4v) is 3.78. The van der Waals surface area contributed by atoms with Crippen molar-refractivity contribution < 1.29 is 14.3 Å². The summed E-state index contributed by atoms with van der Waals surface area (Å²) in [7, 11) is 3.65. The van der Waals surface area contributed by atoms with E-state index in [4.69, 9.17) is 4.74 Å². The van der Waals surface area contributed by atoms with E-state index >= 15 is 0 Å². The lowest BCUT2D eigenvalue weighted by atomic mass is 10.1. The molecule has 0 aromatic heterocycles. The zero-order valence-corrected chi connectivity index (χ0v) is 19.0. The summed E-state index contributed by atoms with van der Waals surface area (Å²) in [5, 5.41) is 0. The van der Waals surface area contributed by atoms with Crippen LogP contribution < -0.4 is 14.5 Å². The molecule has 0 spiro atoms. The molecule has 1 atom stereocenters. The van der Waals surface area contributed by atoms with Crippen molar-refractivity contribution in [2.45, 2.75) is 39.2 Å². The maximum Gasteiger partial charge on any atom is 0.258 e. The summed E-state index contributed by atoms with van der Waals surface area (Å²) in [4.78, 5) is 30.3. The van der Waals surface area contributed by atoms with Crippen LogP contribution in [-0.2, 0) is 4.79 Å². The highest BCUT2D eigenvalue weighted by molar-refractivity contribution is 6.05. The molecule has 0 saturated carbocycles. The first-order valence-corrected chi connectivity index (χ1v) is 11.0. The van der Waals surface area contributed by atoms with Gasteiger partial charge in [-0.2, -0.15) is 0 Å². The second kappa shape index (κ2) is 10.3. The number of likely N-dealkylation sites (N-methyl/N-ethyl adjacent to an activating group) is 1. The van der Waals surface area contributed by atoms with Crippen molar-refractivity contribution in [1.29, 1.82) is 0 Å². The normalized spacial score (nSPS) is 15.6. The van der Waals surface area contributed by atoms with E-state index < -0.39 is 0 Å². The highest BCUT2D eigenvalue weighted by atomic mass is 16.5. The van der Waals surface area contributed by atoms with E-state index in [1.54, 1.807) is 18.9 Å². The standard InChI is InChI=1S/C25H33N3O3/c1-5-6-17-31-24-13-7-20(8-14-24)25(30)27(4)21-9-11-22(12-10-21)28-16-15-23(18-28)26(3)19(2)29/h7-14,23H,5-6,15-18H2,1-4H3. The molecule has 1 heterocycles. The van der Waals surface area contributed by atoms with Crippen LogP contribution in [0.5, 0.6) is 5.75 Å². The Balaban J connectivity index is 1.60. The van der Waals surface area contributed by atoms with E-state index in [9.17, 15) is 9.59 Å². The molecule has 1 fully saturated rings. The molecule has 0 N–H and O–H groups in total. The number of rotatable bonds is 8. The lowest BCUT2D eigenvalue weighted by Gasteiger charge is -2.25. The van der Waals surface area contributed by atoms with Crippen LogP contribution in [0.2, 0.25) is 0 Å². The van der Waals surface area contributed by atoms with Gasteiger partial charge >= 0.3 is 0 Å². The molecular weight excluding hydrogens is 390 g/mol. The molecule has 2 aromatic rings. The van der Waals surface area contributed by atoms with Gasteiger partial charge in [-0.15, -0.1) is 0 Å². The van der Waals surface area contributed by atoms with Crippen LogP contribution in [0.1, 0.15) is 43.5 Å². The Bertz CT molecular complexity index is 880. The molecular formula is C25H33N3O3. The Labute approximate surface area is 185 Å². The number of carbonyl (C=O) groups excluding carboxylic acids is 2. The Morgan fingerprint density at radius 2 is 1.74 bits per heavy atom. The second-order valence-electron chi connectivity index (χ2n) is 8.13. The van der Waals surface area contributed by atoms with E-state index in [0.29, 0.717) is 12.2 Å². The largest absolute Gasteiger partial charge is 0.494 e. The minimum absolute atomic E-state index is 0.0582. The van der Waals surface area contributed by atoms with Crippen molar-refractivity contribution in [1.82, 2.24) is 4.90 Å². The van der Waals surface area contributed by atoms with Crippen LogP contribution in [0, 0.1) is 0 Å². The summed E-state index contributed by atoms with van der Waals surface area (Å²) < 4.78 is 5.67. The van der Waals surface area contributed by atoms with Gasteiger partial charge in [0, 0.05) is 51.0 Å². The number of carbonyl (C=O) groups is 2. The molecule has 31 heavy (non-hydrogen) atoms. The van der Waals surface area contributed by atoms with Gasteiger partial charge in [0.2, 0.25) is 5.91 Å². The lowest BCUT2D eigenvalue weighted by Crippen LogP contribution is -2.37. The van der Waals surface area contributed by atoms with Crippen LogP contribution in [0.25, 0.3) is 0 Å². The molecule has 1 aliphatic heterocycles. The van der Waals surface area contributed by atoms with E-state index in [2.05, 4.69) is 11.8 Å². The zero-order chi connectivity index (χ0) is 22.4. The number of ether oxygens (including phenoxy) is 1. The predicted octanol–water partition coefficient (Wildman–Crippen LogP) is 4.20. The summed E-state index contributed by atoms with van der Waals surface area (Å²) >= 11 is 0. The molecule has 3 rings (SSSR count). The first kappa shape index (κ1) is 22.7. The molecule has 1 unspecified atom stereocenters. The van der Waals surface area contributed by atoms with Crippen molar-refractivity contribution in [2.75, 3.05) is 43.6 Å². The van der Waals surface area contributed by atoms with E-state index in [0.717, 1.165) is 49.5 Å². The molecule has 2 aromatic carbocycles.